The van der Waals surface area contributed by atoms with Gasteiger partial charge in [0.25, 0.3) is 0 Å². The van der Waals surface area contributed by atoms with Crippen molar-refractivity contribution in [2.45, 2.75) is 64.6 Å². The molecule has 0 aromatic carbocycles. The third-order valence-electron chi connectivity index (χ3n) is 5.72. The average Bonchev–Trinajstić information content (AvgIpc) is 3.28. The van der Waals surface area contributed by atoms with Gasteiger partial charge in [-0.3, -0.25) is 14.6 Å². The van der Waals surface area contributed by atoms with E-state index in [1.54, 1.807) is 0 Å². The third kappa shape index (κ3) is 3.74. The minimum Gasteiger partial charge on any atom is -0.352 e. The fourth-order valence-corrected chi connectivity index (χ4v) is 4.14. The maximum Gasteiger partial charge on any atom is 0.191 e. The molecule has 1 aromatic heterocycles. The summed E-state index contributed by atoms with van der Waals surface area (Å²) in [6.07, 6.45) is 6.80. The third-order valence-corrected chi connectivity index (χ3v) is 5.72. The Bertz CT molecular complexity index is 585. The SMILES string of the molecule is CN=C(NCc1c(C)nn(C)c1C)NC1CCN(C2CCCC2)C1. The Labute approximate surface area is 145 Å². The van der Waals surface area contributed by atoms with Crippen LogP contribution in [0.2, 0.25) is 0 Å². The molecular weight excluding hydrogens is 300 g/mol. The lowest BCUT2D eigenvalue weighted by atomic mass is 10.2. The van der Waals surface area contributed by atoms with Gasteiger partial charge in [0.05, 0.1) is 5.69 Å². The minimum atomic E-state index is 0.507. The summed E-state index contributed by atoms with van der Waals surface area (Å²) in [4.78, 5) is 7.08. The number of aliphatic imine (C=N–C) groups is 1. The van der Waals surface area contributed by atoms with Crippen molar-refractivity contribution in [1.29, 1.82) is 0 Å². The van der Waals surface area contributed by atoms with E-state index in [-0.39, 0.29) is 0 Å². The lowest BCUT2D eigenvalue weighted by Crippen LogP contribution is -2.45. The number of rotatable bonds is 4. The van der Waals surface area contributed by atoms with Gasteiger partial charge >= 0.3 is 0 Å². The maximum absolute atomic E-state index is 4.48. The number of hydrogen-bond donors (Lipinski definition) is 2. The molecule has 2 fully saturated rings. The molecule has 0 bridgehead atoms. The summed E-state index contributed by atoms with van der Waals surface area (Å²) < 4.78 is 1.94. The standard InChI is InChI=1S/C18H32N6/c1-13-17(14(2)23(4)22-13)11-20-18(19-3)21-15-9-10-24(12-15)16-7-5-6-8-16/h15-16H,5-12H2,1-4H3,(H2,19,20,21). The Morgan fingerprint density at radius 1 is 1.25 bits per heavy atom. The molecule has 1 atom stereocenters. The van der Waals surface area contributed by atoms with Crippen molar-refractivity contribution < 1.29 is 0 Å². The van der Waals surface area contributed by atoms with Gasteiger partial charge in [0.15, 0.2) is 5.96 Å². The Morgan fingerprint density at radius 2 is 2.00 bits per heavy atom. The van der Waals surface area contributed by atoms with Crippen molar-refractivity contribution in [3.63, 3.8) is 0 Å². The van der Waals surface area contributed by atoms with Crippen molar-refractivity contribution in [2.24, 2.45) is 12.0 Å². The zero-order valence-electron chi connectivity index (χ0n) is 15.6. The highest BCUT2D eigenvalue weighted by Gasteiger charge is 2.30. The van der Waals surface area contributed by atoms with Crippen molar-refractivity contribution in [2.75, 3.05) is 20.1 Å². The van der Waals surface area contributed by atoms with Crippen LogP contribution in [-0.2, 0) is 13.6 Å². The van der Waals surface area contributed by atoms with Gasteiger partial charge in [0, 0.05) is 57.1 Å². The number of hydrogen-bond acceptors (Lipinski definition) is 3. The van der Waals surface area contributed by atoms with Gasteiger partial charge in [-0.1, -0.05) is 12.8 Å². The van der Waals surface area contributed by atoms with E-state index in [0.29, 0.717) is 6.04 Å². The molecule has 1 saturated heterocycles. The van der Waals surface area contributed by atoms with E-state index in [2.05, 4.69) is 39.5 Å². The number of nitrogens with zero attached hydrogens (tertiary/aromatic N) is 4. The van der Waals surface area contributed by atoms with Gasteiger partial charge in [-0.05, 0) is 33.1 Å². The molecule has 1 aliphatic carbocycles. The average molecular weight is 332 g/mol. The number of aromatic nitrogens is 2. The second kappa shape index (κ2) is 7.55. The van der Waals surface area contributed by atoms with Crippen molar-refractivity contribution in [3.8, 4) is 0 Å². The van der Waals surface area contributed by atoms with Gasteiger partial charge in [0.2, 0.25) is 0 Å². The van der Waals surface area contributed by atoms with E-state index < -0.39 is 0 Å². The summed E-state index contributed by atoms with van der Waals surface area (Å²) >= 11 is 0. The van der Waals surface area contributed by atoms with Crippen LogP contribution < -0.4 is 10.6 Å². The molecule has 2 N–H and O–H groups in total. The minimum absolute atomic E-state index is 0.507. The highest BCUT2D eigenvalue weighted by Crippen LogP contribution is 2.26. The fraction of sp³-hybridized carbons (Fsp3) is 0.778. The number of nitrogens with one attached hydrogen (secondary N) is 2. The monoisotopic (exact) mass is 332 g/mol. The second-order valence-corrected chi connectivity index (χ2v) is 7.26. The fourth-order valence-electron chi connectivity index (χ4n) is 4.14. The molecule has 134 valence electrons. The van der Waals surface area contributed by atoms with Crippen LogP contribution in [0.3, 0.4) is 0 Å². The van der Waals surface area contributed by atoms with Crippen LogP contribution in [0.5, 0.6) is 0 Å². The summed E-state index contributed by atoms with van der Waals surface area (Å²) in [5, 5.41) is 11.5. The molecule has 6 nitrogen and oxygen atoms in total. The van der Waals surface area contributed by atoms with Crippen LogP contribution >= 0.6 is 0 Å². The first-order valence-corrected chi connectivity index (χ1v) is 9.28. The van der Waals surface area contributed by atoms with Crippen molar-refractivity contribution >= 4 is 5.96 Å². The smallest absolute Gasteiger partial charge is 0.191 e. The van der Waals surface area contributed by atoms with Crippen LogP contribution in [0, 0.1) is 13.8 Å². The first-order valence-electron chi connectivity index (χ1n) is 9.28. The van der Waals surface area contributed by atoms with Crippen LogP contribution in [0.15, 0.2) is 4.99 Å². The van der Waals surface area contributed by atoms with Gasteiger partial charge in [0.1, 0.15) is 0 Å². The first-order chi connectivity index (χ1) is 11.6. The molecule has 0 amide bonds. The van der Waals surface area contributed by atoms with Gasteiger partial charge in [-0.25, -0.2) is 0 Å². The van der Waals surface area contributed by atoms with E-state index in [4.69, 9.17) is 0 Å². The maximum atomic E-state index is 4.48. The molecule has 24 heavy (non-hydrogen) atoms. The molecule has 0 spiro atoms. The molecule has 2 aliphatic rings. The summed E-state index contributed by atoms with van der Waals surface area (Å²) in [7, 11) is 3.84. The van der Waals surface area contributed by atoms with Gasteiger partial charge in [-0.2, -0.15) is 5.10 Å². The molecule has 0 radical (unpaired) electrons. The molecule has 6 heteroatoms. The molecular formula is C18H32N6. The lowest BCUT2D eigenvalue weighted by molar-refractivity contribution is 0.242. The molecule has 1 unspecified atom stereocenters. The second-order valence-electron chi connectivity index (χ2n) is 7.26. The van der Waals surface area contributed by atoms with E-state index in [9.17, 15) is 0 Å². The Balaban J connectivity index is 1.50. The summed E-state index contributed by atoms with van der Waals surface area (Å²) in [6, 6.07) is 1.33. The Kier molecular flexibility index (Phi) is 5.43. The van der Waals surface area contributed by atoms with E-state index >= 15 is 0 Å². The van der Waals surface area contributed by atoms with Gasteiger partial charge in [-0.15, -0.1) is 0 Å². The highest BCUT2D eigenvalue weighted by molar-refractivity contribution is 5.80. The number of aryl methyl sites for hydroxylation is 2. The number of likely N-dealkylation sites (tertiary alicyclic amines) is 1. The Morgan fingerprint density at radius 3 is 2.62 bits per heavy atom. The highest BCUT2D eigenvalue weighted by atomic mass is 15.3. The summed E-state index contributed by atoms with van der Waals surface area (Å²) in [5.74, 6) is 0.899. The van der Waals surface area contributed by atoms with Gasteiger partial charge < -0.3 is 10.6 Å². The van der Waals surface area contributed by atoms with E-state index in [1.807, 2.05) is 18.8 Å². The molecule has 1 aromatic rings. The Hall–Kier alpha value is -1.56. The zero-order chi connectivity index (χ0) is 17.1. The van der Waals surface area contributed by atoms with Crippen LogP contribution in [0.1, 0.15) is 49.1 Å². The zero-order valence-corrected chi connectivity index (χ0v) is 15.6. The van der Waals surface area contributed by atoms with Crippen LogP contribution in [0.4, 0.5) is 0 Å². The first kappa shape index (κ1) is 17.3. The normalized spacial score (nSPS) is 23.2. The number of guanidine groups is 1. The topological polar surface area (TPSA) is 57.5 Å². The molecule has 2 heterocycles. The molecule has 1 saturated carbocycles. The summed E-state index contributed by atoms with van der Waals surface area (Å²) in [5.41, 5.74) is 3.56. The van der Waals surface area contributed by atoms with Crippen molar-refractivity contribution in [1.82, 2.24) is 25.3 Å². The summed E-state index contributed by atoms with van der Waals surface area (Å²) in [6.45, 7) is 7.32. The predicted molar refractivity (Wildman–Crippen MR) is 98.3 cm³/mol. The lowest BCUT2D eigenvalue weighted by Gasteiger charge is -2.24. The molecule has 1 aliphatic heterocycles. The van der Waals surface area contributed by atoms with E-state index in [0.717, 1.165) is 30.8 Å². The van der Waals surface area contributed by atoms with E-state index in [1.165, 1.54) is 49.9 Å². The van der Waals surface area contributed by atoms with Crippen LogP contribution in [-0.4, -0.2) is 52.9 Å². The molecule has 3 rings (SSSR count). The van der Waals surface area contributed by atoms with Crippen LogP contribution in [0.25, 0.3) is 0 Å². The quantitative estimate of drug-likeness (QED) is 0.651. The van der Waals surface area contributed by atoms with Crippen molar-refractivity contribution in [3.05, 3.63) is 17.0 Å². The largest absolute Gasteiger partial charge is 0.352 e. The predicted octanol–water partition coefficient (Wildman–Crippen LogP) is 1.72.